The number of carbonyl (C=O) groups excluding carboxylic acids is 1. The highest BCUT2D eigenvalue weighted by molar-refractivity contribution is 9.11. The van der Waals surface area contributed by atoms with E-state index in [0.29, 0.717) is 25.5 Å². The molecule has 1 aromatic heterocycles. The molecule has 2 aromatic carbocycles. The number of hydrogen-bond acceptors (Lipinski definition) is 3. The zero-order chi connectivity index (χ0) is 18.5. The summed E-state index contributed by atoms with van der Waals surface area (Å²) >= 11 is 6.44. The summed E-state index contributed by atoms with van der Waals surface area (Å²) in [7, 11) is 3.79. The zero-order valence-electron chi connectivity index (χ0n) is 13.8. The van der Waals surface area contributed by atoms with Gasteiger partial charge in [0.2, 0.25) is 0 Å². The average molecular weight is 466 g/mol. The molecule has 0 bridgehead atoms. The Morgan fingerprint density at radius 2 is 1.80 bits per heavy atom. The number of aromatic hydroxyl groups is 1. The molecule has 0 amide bonds. The first-order valence-electron chi connectivity index (χ1n) is 7.61. The van der Waals surface area contributed by atoms with Crippen molar-refractivity contribution in [2.45, 2.75) is 13.1 Å². The van der Waals surface area contributed by atoms with Gasteiger partial charge in [0.15, 0.2) is 12.0 Å². The lowest BCUT2D eigenvalue weighted by molar-refractivity contribution is 0.103. The number of furan rings is 1. The minimum absolute atomic E-state index is 0.000472. The number of alkyl halides is 1. The third-order valence-electron chi connectivity index (χ3n) is 4.03. The van der Waals surface area contributed by atoms with Crippen molar-refractivity contribution in [2.24, 2.45) is 0 Å². The second-order valence-corrected chi connectivity index (χ2v) is 7.74. The molecule has 0 fully saturated rings. The van der Waals surface area contributed by atoms with Crippen molar-refractivity contribution in [2.75, 3.05) is 0 Å². The van der Waals surface area contributed by atoms with Crippen LogP contribution in [0.15, 0.2) is 37.6 Å². The van der Waals surface area contributed by atoms with E-state index in [4.69, 9.17) is 4.42 Å². The molecule has 0 radical (unpaired) electrons. The van der Waals surface area contributed by atoms with Crippen molar-refractivity contribution in [1.82, 2.24) is 0 Å². The normalized spacial score (nSPS) is 12.5. The minimum Gasteiger partial charge on any atom is -0.506 e. The van der Waals surface area contributed by atoms with E-state index in [1.165, 1.54) is 19.1 Å². The highest BCUT2D eigenvalue weighted by atomic mass is 79.9. The van der Waals surface area contributed by atoms with E-state index in [1.807, 2.05) is 21.8 Å². The van der Waals surface area contributed by atoms with Gasteiger partial charge in [-0.1, -0.05) is 17.0 Å². The molecular weight excluding hydrogens is 453 g/mol. The summed E-state index contributed by atoms with van der Waals surface area (Å²) in [5, 5.41) is 10.5. The van der Waals surface area contributed by atoms with Crippen LogP contribution in [0.3, 0.4) is 0 Å². The first kappa shape index (κ1) is 18.3. The number of phenols is 1. The van der Waals surface area contributed by atoms with E-state index in [2.05, 4.69) is 31.9 Å². The molecule has 1 unspecified atom stereocenters. The molecule has 0 aliphatic carbocycles. The zero-order valence-corrected chi connectivity index (χ0v) is 17.0. The fourth-order valence-corrected chi connectivity index (χ4v) is 4.16. The molecule has 3 rings (SSSR count). The third kappa shape index (κ3) is 3.17. The number of hydrogen-bond donors (Lipinski definition) is 1. The van der Waals surface area contributed by atoms with Crippen LogP contribution in [0.25, 0.3) is 11.0 Å². The van der Waals surface area contributed by atoms with E-state index < -0.39 is 6.17 Å². The van der Waals surface area contributed by atoms with E-state index in [-0.39, 0.29) is 22.9 Å². The van der Waals surface area contributed by atoms with Crippen LogP contribution < -0.4 is 10.9 Å². The van der Waals surface area contributed by atoms with E-state index in [9.17, 15) is 14.3 Å². The summed E-state index contributed by atoms with van der Waals surface area (Å²) in [5.41, 5.74) is 2.88. The molecule has 126 valence electrons. The molecule has 0 aliphatic heterocycles. The summed E-state index contributed by atoms with van der Waals surface area (Å²) in [6, 6.07) is 6.76. The second kappa shape index (κ2) is 6.65. The number of halogens is 3. The van der Waals surface area contributed by atoms with Crippen molar-refractivity contribution in [1.29, 1.82) is 0 Å². The maximum absolute atomic E-state index is 14.2. The minimum atomic E-state index is -1.42. The fourth-order valence-electron chi connectivity index (χ4n) is 2.97. The molecular formula is C17H13B2Br2FO3. The number of benzene rings is 2. The average Bonchev–Trinajstić information content (AvgIpc) is 2.91. The van der Waals surface area contributed by atoms with Crippen LogP contribution in [-0.4, -0.2) is 26.6 Å². The molecule has 0 saturated carbocycles. The summed E-state index contributed by atoms with van der Waals surface area (Å²) in [5.74, 6) is -0.333. The Labute approximate surface area is 162 Å². The molecule has 1 atom stereocenters. The van der Waals surface area contributed by atoms with Gasteiger partial charge in [0.1, 0.15) is 32.8 Å². The van der Waals surface area contributed by atoms with Gasteiger partial charge < -0.3 is 9.52 Å². The van der Waals surface area contributed by atoms with Crippen LogP contribution in [-0.2, 0) is 0 Å². The van der Waals surface area contributed by atoms with Crippen LogP contribution in [0.5, 0.6) is 5.75 Å². The summed E-state index contributed by atoms with van der Waals surface area (Å²) in [4.78, 5) is 13.1. The highest BCUT2D eigenvalue weighted by Crippen LogP contribution is 2.36. The van der Waals surface area contributed by atoms with Crippen molar-refractivity contribution in [3.8, 4) is 5.75 Å². The standard InChI is InChI=1S/C17H13B2Br2FO3/c1-6(22)17-14(13-9(19)4-8(18)5-12(13)25-17)15(23)7-2-10(20)16(24)11(21)3-7/h2-6,24H,18-19H2,1H3. The number of ketones is 1. The Hall–Kier alpha value is -1.53. The summed E-state index contributed by atoms with van der Waals surface area (Å²) in [6.45, 7) is 1.35. The molecule has 3 nitrogen and oxygen atoms in total. The van der Waals surface area contributed by atoms with Gasteiger partial charge >= 0.3 is 0 Å². The fraction of sp³-hybridized carbons (Fsp3) is 0.118. The first-order chi connectivity index (χ1) is 11.7. The van der Waals surface area contributed by atoms with Crippen molar-refractivity contribution < 1.29 is 18.7 Å². The van der Waals surface area contributed by atoms with E-state index in [1.54, 1.807) is 6.07 Å². The maximum atomic E-state index is 14.2. The molecule has 3 aromatic rings. The van der Waals surface area contributed by atoms with Gasteiger partial charge in [0, 0.05) is 10.9 Å². The van der Waals surface area contributed by atoms with Crippen molar-refractivity contribution in [3.63, 3.8) is 0 Å². The molecule has 25 heavy (non-hydrogen) atoms. The maximum Gasteiger partial charge on any atom is 0.197 e. The molecule has 0 spiro atoms. The smallest absolute Gasteiger partial charge is 0.197 e. The highest BCUT2D eigenvalue weighted by Gasteiger charge is 2.27. The largest absolute Gasteiger partial charge is 0.506 e. The Morgan fingerprint density at radius 3 is 2.36 bits per heavy atom. The number of carbonyl (C=O) groups is 1. The SMILES string of the molecule is Bc1cc(B)c2c(C(=O)c3cc(Br)c(O)c(Br)c3)c(C(C)F)oc2c1. The quantitative estimate of drug-likeness (QED) is 0.478. The topological polar surface area (TPSA) is 50.4 Å². The van der Waals surface area contributed by atoms with Crippen LogP contribution >= 0.6 is 31.9 Å². The second-order valence-electron chi connectivity index (χ2n) is 6.03. The first-order valence-corrected chi connectivity index (χ1v) is 9.19. The van der Waals surface area contributed by atoms with Crippen molar-refractivity contribution >= 4 is 75.2 Å². The Morgan fingerprint density at radius 1 is 1.20 bits per heavy atom. The summed E-state index contributed by atoms with van der Waals surface area (Å²) < 4.78 is 20.6. The third-order valence-corrected chi connectivity index (χ3v) is 5.24. The molecule has 0 saturated heterocycles. The molecule has 1 N–H and O–H groups in total. The van der Waals surface area contributed by atoms with Gasteiger partial charge in [0.25, 0.3) is 0 Å². The van der Waals surface area contributed by atoms with Gasteiger partial charge in [-0.3, -0.25) is 4.79 Å². The Bertz CT molecular complexity index is 992. The molecule has 1 heterocycles. The van der Waals surface area contributed by atoms with E-state index in [0.717, 1.165) is 10.9 Å². The lowest BCUT2D eigenvalue weighted by Crippen LogP contribution is -2.16. The summed E-state index contributed by atoms with van der Waals surface area (Å²) in [6.07, 6.45) is -1.42. The molecule has 8 heteroatoms. The van der Waals surface area contributed by atoms with Gasteiger partial charge in [-0.2, -0.15) is 0 Å². The Balaban J connectivity index is 2.30. The van der Waals surface area contributed by atoms with E-state index >= 15 is 0 Å². The molecule has 0 aliphatic rings. The lowest BCUT2D eigenvalue weighted by Gasteiger charge is -2.08. The number of rotatable bonds is 3. The van der Waals surface area contributed by atoms with Gasteiger partial charge in [0.05, 0.1) is 14.5 Å². The number of phenolic OH excluding ortho intramolecular Hbond substituents is 1. The van der Waals surface area contributed by atoms with Crippen molar-refractivity contribution in [3.05, 3.63) is 50.1 Å². The van der Waals surface area contributed by atoms with Crippen LogP contribution in [0, 0.1) is 0 Å². The van der Waals surface area contributed by atoms with Gasteiger partial charge in [-0.25, -0.2) is 4.39 Å². The van der Waals surface area contributed by atoms with Crippen LogP contribution in [0.2, 0.25) is 0 Å². The number of fused-ring (bicyclic) bond motifs is 1. The van der Waals surface area contributed by atoms with Crippen LogP contribution in [0.1, 0.15) is 34.8 Å². The van der Waals surface area contributed by atoms with Gasteiger partial charge in [-0.15, -0.1) is 0 Å². The van der Waals surface area contributed by atoms with Crippen LogP contribution in [0.4, 0.5) is 4.39 Å². The predicted octanol–water partition coefficient (Wildman–Crippen LogP) is 2.44. The Kier molecular flexibility index (Phi) is 4.86. The monoisotopic (exact) mass is 464 g/mol. The predicted molar refractivity (Wildman–Crippen MR) is 109 cm³/mol. The lowest BCUT2D eigenvalue weighted by atomic mass is 9.83. The van der Waals surface area contributed by atoms with Gasteiger partial charge in [-0.05, 0) is 57.0 Å².